The number of thioether (sulfide) groups is 1. The third kappa shape index (κ3) is 31.6. The van der Waals surface area contributed by atoms with Gasteiger partial charge in [-0.3, -0.25) is 77.3 Å². The third-order valence-electron chi connectivity index (χ3n) is 19.3. The number of phenols is 1. The van der Waals surface area contributed by atoms with E-state index in [-0.39, 0.29) is 88.2 Å². The highest BCUT2D eigenvalue weighted by Crippen LogP contribution is 2.23. The Labute approximate surface area is 689 Å². The van der Waals surface area contributed by atoms with Crippen molar-refractivity contribution in [2.24, 2.45) is 23.1 Å². The van der Waals surface area contributed by atoms with E-state index in [0.717, 1.165) is 0 Å². The van der Waals surface area contributed by atoms with Crippen LogP contribution in [-0.2, 0) is 97.6 Å². The number of rotatable bonds is 51. The molecule has 1 aliphatic rings. The first-order valence-electron chi connectivity index (χ1n) is 38.7. The average Bonchev–Trinajstić information content (AvgIpc) is 1.77. The van der Waals surface area contributed by atoms with Crippen LogP contribution in [0, 0.1) is 11.3 Å². The summed E-state index contributed by atoms with van der Waals surface area (Å²) in [6.45, 7) is 0.277. The summed E-state index contributed by atoms with van der Waals surface area (Å²) in [7, 11) is 0. The molecule has 648 valence electrons. The maximum atomic E-state index is 15.2. The molecule has 1 aliphatic heterocycles. The number of benzene rings is 3. The van der Waals surface area contributed by atoms with Gasteiger partial charge >= 0.3 is 11.9 Å². The lowest BCUT2D eigenvalue weighted by molar-refractivity contribution is -0.142. The van der Waals surface area contributed by atoms with Crippen LogP contribution in [0.2, 0.25) is 0 Å². The number of para-hydroxylation sites is 1. The van der Waals surface area contributed by atoms with Crippen molar-refractivity contribution in [2.75, 3.05) is 57.9 Å². The van der Waals surface area contributed by atoms with E-state index in [4.69, 9.17) is 27.7 Å². The number of nitrogens with zero attached hydrogens (tertiary/aromatic N) is 2. The SMILES string of the molecule is CSCCC(NC(=O)C(CO)NC(=O)C(Cc1ccc(O)cc1)NC(=O)C(N)CO)C(=O)NC(CCC(=O)O)C(=O)NC(Cc1c[nH]cn1)C(=O)NC(Cc1ccccc1)C(=O)NC(CCCNC(=N)N)C(=O)NC(Cc1c[nH]c2ccccc12)C(=O)NCC(=O)NC(CCCCN)C(=O)N1CCCC1C(=O)NC(C(=O)NCC(=O)O)C(C)C. The van der Waals surface area contributed by atoms with Crippen molar-refractivity contribution in [2.45, 2.75) is 176 Å². The van der Waals surface area contributed by atoms with E-state index in [0.29, 0.717) is 46.9 Å². The van der Waals surface area contributed by atoms with Gasteiger partial charge in [0, 0.05) is 68.5 Å². The molecule has 2 aromatic heterocycles. The molecule has 0 spiro atoms. The Morgan fingerprint density at radius 2 is 1.10 bits per heavy atom. The average molecular weight is 1680 g/mol. The molecule has 0 aliphatic carbocycles. The second-order valence-electron chi connectivity index (χ2n) is 28.7. The van der Waals surface area contributed by atoms with Crippen molar-refractivity contribution in [1.82, 2.24) is 89.0 Å². The van der Waals surface area contributed by atoms with Gasteiger partial charge in [0.2, 0.25) is 76.8 Å². The number of nitrogens with one attached hydrogen (secondary N) is 16. The number of amides is 13. The van der Waals surface area contributed by atoms with E-state index in [1.807, 2.05) is 0 Å². The number of aliphatic carboxylic acids is 2. The summed E-state index contributed by atoms with van der Waals surface area (Å²) in [6.07, 6.45) is 4.47. The van der Waals surface area contributed by atoms with Crippen LogP contribution in [-0.4, -0.2) is 271 Å². The first-order chi connectivity index (χ1) is 56.8. The predicted molar refractivity (Wildman–Crippen MR) is 433 cm³/mol. The zero-order valence-corrected chi connectivity index (χ0v) is 67.0. The molecule has 1 fully saturated rings. The van der Waals surface area contributed by atoms with Crippen LogP contribution in [0.1, 0.15) is 100 Å². The number of carbonyl (C=O) groups excluding carboxylic acids is 13. The van der Waals surface area contributed by atoms with Gasteiger partial charge in [-0.2, -0.15) is 11.8 Å². The number of H-pyrrole nitrogens is 2. The van der Waals surface area contributed by atoms with E-state index in [2.05, 4.69) is 84.1 Å². The largest absolute Gasteiger partial charge is 0.508 e. The summed E-state index contributed by atoms with van der Waals surface area (Å²) in [5.41, 5.74) is 19.4. The van der Waals surface area contributed by atoms with Crippen molar-refractivity contribution in [3.63, 3.8) is 0 Å². The molecule has 42 heteroatoms. The summed E-state index contributed by atoms with van der Waals surface area (Å²) >= 11 is 1.24. The Hall–Kier alpha value is -12.3. The Balaban J connectivity index is 1.25. The van der Waals surface area contributed by atoms with E-state index in [9.17, 15) is 78.0 Å². The minimum Gasteiger partial charge on any atom is -0.508 e. The Kier molecular flexibility index (Phi) is 39.4. The maximum absolute atomic E-state index is 15.2. The quantitative estimate of drug-likeness (QED) is 0.00985. The van der Waals surface area contributed by atoms with Gasteiger partial charge in [-0.05, 0) is 117 Å². The van der Waals surface area contributed by atoms with E-state index < -0.39 is 219 Å². The molecule has 5 aromatic rings. The number of hydrogen-bond acceptors (Lipinski definition) is 23. The molecule has 119 heavy (non-hydrogen) atoms. The number of aliphatic hydroxyl groups is 2. The normalized spacial score (nSPS) is 15.2. The van der Waals surface area contributed by atoms with Crippen LogP contribution in [0.4, 0.5) is 0 Å². The standard InChI is InChI=1S/C77H109N21O20S/c1-42(2)64(75(117)86-38-63(105)106)97-74(116)60-19-12-29-98(60)76(118)54(17-9-10-27-78)88-61(102)37-85-66(108)57(33-45-35-84-50-16-8-7-15-48(45)50)94-67(109)51(18-11-28-83-77(80)81)89-70(112)56(31-43-13-5-4-6-14-43)93-72(114)58(34-46-36-82-41-87-46)95-68(110)52(24-25-62(103)104)90-69(111)53(26-30-119-3)91-73(115)59(40-100)96-71(113)55(92-65(107)49(79)39-99)32-44-20-22-47(101)23-21-44/h4-8,13-16,20-23,35-36,41-42,49,51-60,64,84,99-101H,9-12,17-19,24-34,37-40,78-79H2,1-3H3,(H,82,87)(H,85,108)(H,86,117)(H,88,102)(H,89,112)(H,90,111)(H,91,115)(H,92,107)(H,93,114)(H,94,109)(H,95,110)(H,96,113)(H,97,116)(H,103,104)(H,105,106)(H4,80,81,83). The van der Waals surface area contributed by atoms with Gasteiger partial charge in [0.25, 0.3) is 0 Å². The number of phenolic OH excluding ortho intramolecular Hbond substituents is 1. The van der Waals surface area contributed by atoms with Crippen LogP contribution in [0.3, 0.4) is 0 Å². The second-order valence-corrected chi connectivity index (χ2v) is 29.7. The fourth-order valence-corrected chi connectivity index (χ4v) is 13.3. The summed E-state index contributed by atoms with van der Waals surface area (Å²) < 4.78 is 0. The molecule has 3 heterocycles. The molecule has 3 aromatic carbocycles. The topological polar surface area (TPSA) is 663 Å². The van der Waals surface area contributed by atoms with Gasteiger partial charge in [0.05, 0.1) is 31.8 Å². The first kappa shape index (κ1) is 95.6. The Bertz CT molecular complexity index is 4270. The van der Waals surface area contributed by atoms with Crippen molar-refractivity contribution < 1.29 is 97.5 Å². The molecule has 13 amide bonds. The first-order valence-corrected chi connectivity index (χ1v) is 40.1. The molecule has 27 N–H and O–H groups in total. The molecular formula is C77H109N21O20S. The number of aromatic hydroxyl groups is 1. The van der Waals surface area contributed by atoms with Crippen molar-refractivity contribution in [1.29, 1.82) is 5.41 Å². The van der Waals surface area contributed by atoms with Crippen molar-refractivity contribution >= 4 is 117 Å². The maximum Gasteiger partial charge on any atom is 0.322 e. The van der Waals surface area contributed by atoms with Crippen molar-refractivity contribution in [3.8, 4) is 5.75 Å². The van der Waals surface area contributed by atoms with E-state index in [1.165, 1.54) is 53.5 Å². The van der Waals surface area contributed by atoms with Crippen LogP contribution >= 0.6 is 11.8 Å². The number of nitrogens with two attached hydrogens (primary N) is 3. The molecule has 12 atom stereocenters. The number of imidazole rings is 1. The number of fused-ring (bicyclic) bond motifs is 1. The molecule has 0 radical (unpaired) electrons. The summed E-state index contributed by atoms with van der Waals surface area (Å²) in [4.78, 5) is 220. The lowest BCUT2D eigenvalue weighted by Crippen LogP contribution is -2.61. The Morgan fingerprint density at radius 1 is 0.563 bits per heavy atom. The number of carbonyl (C=O) groups is 15. The number of hydrogen-bond donors (Lipinski definition) is 24. The van der Waals surface area contributed by atoms with Gasteiger partial charge in [-0.1, -0.05) is 74.5 Å². The molecule has 12 unspecified atom stereocenters. The molecule has 1 saturated heterocycles. The number of guanidine groups is 1. The number of unbranched alkanes of at least 4 members (excludes halogenated alkanes) is 1. The molecule has 6 rings (SSSR count). The zero-order chi connectivity index (χ0) is 87.3. The number of aliphatic hydroxyl groups excluding tert-OH is 2. The highest BCUT2D eigenvalue weighted by Gasteiger charge is 2.41. The van der Waals surface area contributed by atoms with Gasteiger partial charge < -0.3 is 127 Å². The van der Waals surface area contributed by atoms with E-state index >= 15 is 14.4 Å². The number of carboxylic acid groups (broad SMARTS) is 2. The lowest BCUT2D eigenvalue weighted by atomic mass is 10.0. The summed E-state index contributed by atoms with van der Waals surface area (Å²) in [5, 5.41) is 90.4. The predicted octanol–water partition coefficient (Wildman–Crippen LogP) is -5.00. The van der Waals surface area contributed by atoms with Crippen LogP contribution < -0.4 is 86.3 Å². The third-order valence-corrected chi connectivity index (χ3v) is 19.9. The monoisotopic (exact) mass is 1680 g/mol. The van der Waals surface area contributed by atoms with Gasteiger partial charge in [0.15, 0.2) is 5.96 Å². The summed E-state index contributed by atoms with van der Waals surface area (Å²) in [5.74, 6) is -15.7. The number of likely N-dealkylation sites (tertiary alicyclic amines) is 1. The molecule has 0 saturated carbocycles. The van der Waals surface area contributed by atoms with Crippen LogP contribution in [0.15, 0.2) is 97.6 Å². The summed E-state index contributed by atoms with van der Waals surface area (Å²) in [6, 6.07) is 2.80. The van der Waals surface area contributed by atoms with E-state index in [1.54, 1.807) is 80.9 Å². The highest BCUT2D eigenvalue weighted by atomic mass is 32.2. The van der Waals surface area contributed by atoms with Gasteiger partial charge in [0.1, 0.15) is 84.8 Å². The Morgan fingerprint density at radius 3 is 1.67 bits per heavy atom. The number of carboxylic acids is 2. The minimum absolute atomic E-state index is 0.0139. The lowest BCUT2D eigenvalue weighted by Gasteiger charge is -2.30. The minimum atomic E-state index is -1.80. The van der Waals surface area contributed by atoms with Crippen LogP contribution in [0.5, 0.6) is 5.75 Å². The molecular weight excluding hydrogens is 1570 g/mol. The highest BCUT2D eigenvalue weighted by molar-refractivity contribution is 7.98. The van der Waals surface area contributed by atoms with Crippen molar-refractivity contribution in [3.05, 3.63) is 120 Å². The fourth-order valence-electron chi connectivity index (χ4n) is 12.8. The zero-order valence-electron chi connectivity index (χ0n) is 66.2. The fraction of sp³-hybridized carbons (Fsp3) is 0.494. The number of aromatic nitrogens is 3. The van der Waals surface area contributed by atoms with Crippen LogP contribution in [0.25, 0.3) is 10.9 Å². The van der Waals surface area contributed by atoms with Gasteiger partial charge in [-0.25, -0.2) is 4.98 Å². The molecule has 41 nitrogen and oxygen atoms in total. The smallest absolute Gasteiger partial charge is 0.322 e. The second kappa shape index (κ2) is 49.1. The molecule has 0 bridgehead atoms. The number of aromatic amines is 2. The van der Waals surface area contributed by atoms with Gasteiger partial charge in [-0.15, -0.1) is 0 Å².